The van der Waals surface area contributed by atoms with E-state index in [2.05, 4.69) is 12.1 Å². The molecule has 1 aromatic carbocycles. The van der Waals surface area contributed by atoms with E-state index in [4.69, 9.17) is 11.5 Å². The van der Waals surface area contributed by atoms with Crippen LogP contribution >= 0.6 is 0 Å². The van der Waals surface area contributed by atoms with Crippen molar-refractivity contribution >= 4 is 5.69 Å². The zero-order valence-electron chi connectivity index (χ0n) is 8.45. The molecule has 0 atom stereocenters. The van der Waals surface area contributed by atoms with Crippen LogP contribution in [0.5, 0.6) is 0 Å². The van der Waals surface area contributed by atoms with Crippen molar-refractivity contribution in [2.24, 2.45) is 5.73 Å². The predicted octanol–water partition coefficient (Wildman–Crippen LogP) is 2.25. The molecule has 2 heteroatoms. The first kappa shape index (κ1) is 9.53. The third-order valence-corrected chi connectivity index (χ3v) is 3.18. The van der Waals surface area contributed by atoms with E-state index in [0.29, 0.717) is 12.0 Å². The molecule has 76 valence electrons. The van der Waals surface area contributed by atoms with Gasteiger partial charge < -0.3 is 11.5 Å². The van der Waals surface area contributed by atoms with E-state index >= 15 is 0 Å². The fourth-order valence-corrected chi connectivity index (χ4v) is 2.22. The summed E-state index contributed by atoms with van der Waals surface area (Å²) in [5.74, 6) is 0.704. The molecule has 0 saturated heterocycles. The number of rotatable bonds is 1. The Morgan fingerprint density at radius 2 is 1.50 bits per heavy atom. The van der Waals surface area contributed by atoms with Gasteiger partial charge >= 0.3 is 0 Å². The largest absolute Gasteiger partial charge is 0.399 e. The maximum absolute atomic E-state index is 5.88. The van der Waals surface area contributed by atoms with Crippen molar-refractivity contribution in [1.82, 2.24) is 0 Å². The van der Waals surface area contributed by atoms with Gasteiger partial charge in [0, 0.05) is 11.7 Å². The van der Waals surface area contributed by atoms with Crippen LogP contribution in [0.1, 0.15) is 37.2 Å². The number of nitrogens with two attached hydrogens (primary N) is 2. The van der Waals surface area contributed by atoms with Crippen molar-refractivity contribution in [3.8, 4) is 0 Å². The molecule has 1 saturated carbocycles. The van der Waals surface area contributed by atoms with Crippen LogP contribution in [0.3, 0.4) is 0 Å². The quantitative estimate of drug-likeness (QED) is 0.667. The van der Waals surface area contributed by atoms with Gasteiger partial charge in [0.05, 0.1) is 0 Å². The zero-order valence-corrected chi connectivity index (χ0v) is 8.45. The van der Waals surface area contributed by atoms with Crippen LogP contribution in [0.15, 0.2) is 24.3 Å². The molecule has 4 N–H and O–H groups in total. The Balaban J connectivity index is 2.05. The van der Waals surface area contributed by atoms with E-state index in [1.54, 1.807) is 0 Å². The maximum atomic E-state index is 5.88. The minimum absolute atomic E-state index is 0.431. The van der Waals surface area contributed by atoms with Gasteiger partial charge in [0.15, 0.2) is 0 Å². The summed E-state index contributed by atoms with van der Waals surface area (Å²) in [6, 6.07) is 8.71. The Morgan fingerprint density at radius 1 is 0.929 bits per heavy atom. The lowest BCUT2D eigenvalue weighted by Crippen LogP contribution is -2.25. The van der Waals surface area contributed by atoms with Crippen molar-refractivity contribution in [1.29, 1.82) is 0 Å². The number of hydrogen-bond donors (Lipinski definition) is 2. The van der Waals surface area contributed by atoms with Crippen LogP contribution in [0, 0.1) is 0 Å². The van der Waals surface area contributed by atoms with Gasteiger partial charge in [0.2, 0.25) is 0 Å². The highest BCUT2D eigenvalue weighted by atomic mass is 14.6. The van der Waals surface area contributed by atoms with Crippen LogP contribution < -0.4 is 11.5 Å². The summed E-state index contributed by atoms with van der Waals surface area (Å²) in [5.41, 5.74) is 13.8. The maximum Gasteiger partial charge on any atom is 0.0314 e. The third-order valence-electron chi connectivity index (χ3n) is 3.18. The van der Waals surface area contributed by atoms with Gasteiger partial charge in [-0.15, -0.1) is 0 Å². The number of hydrogen-bond acceptors (Lipinski definition) is 2. The fraction of sp³-hybridized carbons (Fsp3) is 0.500. The molecule has 0 aliphatic heterocycles. The number of anilines is 1. The van der Waals surface area contributed by atoms with Crippen molar-refractivity contribution in [3.63, 3.8) is 0 Å². The van der Waals surface area contributed by atoms with Crippen LogP contribution in [-0.4, -0.2) is 6.04 Å². The highest BCUT2D eigenvalue weighted by molar-refractivity contribution is 5.40. The monoisotopic (exact) mass is 190 g/mol. The van der Waals surface area contributed by atoms with E-state index in [1.807, 2.05) is 12.1 Å². The average Bonchev–Trinajstić information content (AvgIpc) is 2.21. The van der Waals surface area contributed by atoms with E-state index < -0.39 is 0 Å². The van der Waals surface area contributed by atoms with Crippen LogP contribution in [0.2, 0.25) is 0 Å². The number of nitrogen functional groups attached to an aromatic ring is 1. The topological polar surface area (TPSA) is 52.0 Å². The molecular weight excluding hydrogens is 172 g/mol. The zero-order chi connectivity index (χ0) is 9.97. The van der Waals surface area contributed by atoms with E-state index in [1.165, 1.54) is 18.4 Å². The van der Waals surface area contributed by atoms with Gasteiger partial charge in [0.1, 0.15) is 0 Å². The lowest BCUT2D eigenvalue weighted by molar-refractivity contribution is 0.395. The molecule has 1 aliphatic carbocycles. The molecule has 2 nitrogen and oxygen atoms in total. The van der Waals surface area contributed by atoms with Crippen molar-refractivity contribution < 1.29 is 0 Å². The molecule has 0 heterocycles. The summed E-state index contributed by atoms with van der Waals surface area (Å²) < 4.78 is 0. The van der Waals surface area contributed by atoms with Crippen LogP contribution in [0.4, 0.5) is 5.69 Å². The Hall–Kier alpha value is -1.02. The van der Waals surface area contributed by atoms with Crippen molar-refractivity contribution in [2.75, 3.05) is 5.73 Å². The first-order valence-corrected chi connectivity index (χ1v) is 5.37. The van der Waals surface area contributed by atoms with Gasteiger partial charge in [-0.05, 0) is 49.3 Å². The second kappa shape index (κ2) is 4.01. The standard InChI is InChI=1S/C12H18N2/c13-11-5-1-9(2-6-11)10-3-7-12(14)8-4-10/h1-2,5-6,10,12H,3-4,7-8,13-14H2. The molecule has 1 aliphatic rings. The average molecular weight is 190 g/mol. The summed E-state index contributed by atoms with van der Waals surface area (Å²) in [7, 11) is 0. The van der Waals surface area contributed by atoms with Gasteiger partial charge in [-0.25, -0.2) is 0 Å². The highest BCUT2D eigenvalue weighted by Crippen LogP contribution is 2.32. The summed E-state index contributed by atoms with van der Waals surface area (Å²) in [6.45, 7) is 0. The van der Waals surface area contributed by atoms with Gasteiger partial charge in [0.25, 0.3) is 0 Å². The second-order valence-electron chi connectivity index (χ2n) is 4.28. The molecular formula is C12H18N2. The summed E-state index contributed by atoms with van der Waals surface area (Å²) >= 11 is 0. The molecule has 1 aromatic rings. The van der Waals surface area contributed by atoms with Gasteiger partial charge in [-0.2, -0.15) is 0 Å². The minimum Gasteiger partial charge on any atom is -0.399 e. The third kappa shape index (κ3) is 2.07. The van der Waals surface area contributed by atoms with Crippen LogP contribution in [0.25, 0.3) is 0 Å². The fourth-order valence-electron chi connectivity index (χ4n) is 2.22. The Kier molecular flexibility index (Phi) is 2.73. The normalized spacial score (nSPS) is 27.5. The minimum atomic E-state index is 0.431. The smallest absolute Gasteiger partial charge is 0.0314 e. The second-order valence-corrected chi connectivity index (χ2v) is 4.28. The number of benzene rings is 1. The summed E-state index contributed by atoms with van der Waals surface area (Å²) in [5, 5.41) is 0. The molecule has 0 radical (unpaired) electrons. The summed E-state index contributed by atoms with van der Waals surface area (Å²) in [4.78, 5) is 0. The molecule has 0 spiro atoms. The van der Waals surface area contributed by atoms with Gasteiger partial charge in [-0.3, -0.25) is 0 Å². The van der Waals surface area contributed by atoms with Crippen LogP contribution in [-0.2, 0) is 0 Å². The van der Waals surface area contributed by atoms with E-state index in [9.17, 15) is 0 Å². The first-order chi connectivity index (χ1) is 6.75. The van der Waals surface area contributed by atoms with E-state index in [0.717, 1.165) is 18.5 Å². The molecule has 0 amide bonds. The first-order valence-electron chi connectivity index (χ1n) is 5.37. The molecule has 1 fully saturated rings. The lowest BCUT2D eigenvalue weighted by atomic mass is 9.82. The molecule has 0 aromatic heterocycles. The van der Waals surface area contributed by atoms with Crippen molar-refractivity contribution in [2.45, 2.75) is 37.6 Å². The SMILES string of the molecule is Nc1ccc(C2CCC(N)CC2)cc1. The van der Waals surface area contributed by atoms with E-state index in [-0.39, 0.29) is 0 Å². The predicted molar refractivity (Wildman–Crippen MR) is 60.0 cm³/mol. The molecule has 0 unspecified atom stereocenters. The Morgan fingerprint density at radius 3 is 2.07 bits per heavy atom. The molecule has 2 rings (SSSR count). The Labute approximate surface area is 85.3 Å². The molecule has 0 bridgehead atoms. The Bertz CT molecular complexity index is 284. The van der Waals surface area contributed by atoms with Gasteiger partial charge in [-0.1, -0.05) is 12.1 Å². The molecule has 14 heavy (non-hydrogen) atoms. The highest BCUT2D eigenvalue weighted by Gasteiger charge is 2.19. The lowest BCUT2D eigenvalue weighted by Gasteiger charge is -2.26. The summed E-state index contributed by atoms with van der Waals surface area (Å²) in [6.07, 6.45) is 4.78. The van der Waals surface area contributed by atoms with Crippen molar-refractivity contribution in [3.05, 3.63) is 29.8 Å².